The number of amides is 2. The molecule has 3 aromatic heterocycles. The summed E-state index contributed by atoms with van der Waals surface area (Å²) in [5.41, 5.74) is 11.4. The smallest absolute Gasteiger partial charge is 0.256 e. The van der Waals surface area contributed by atoms with E-state index < -0.39 is 6.23 Å². The summed E-state index contributed by atoms with van der Waals surface area (Å²) in [6.07, 6.45) is -0.966. The van der Waals surface area contributed by atoms with E-state index in [0.29, 0.717) is 40.2 Å². The van der Waals surface area contributed by atoms with Crippen LogP contribution in [-0.2, 0) is 6.54 Å². The summed E-state index contributed by atoms with van der Waals surface area (Å²) in [5, 5.41) is 16.7. The minimum atomic E-state index is -0.966. The number of benzene rings is 3. The van der Waals surface area contributed by atoms with Crippen LogP contribution >= 0.6 is 0 Å². The van der Waals surface area contributed by atoms with E-state index in [1.807, 2.05) is 32.0 Å². The SMILES string of the molecule is Cc1cc(N)nc(C)c1CNC(=O)c1ccc2c(c1)c1oc2c2cc3c(cc21)C(=O)N(C)C3O. The second kappa shape index (κ2) is 6.91. The van der Waals surface area contributed by atoms with Gasteiger partial charge in [-0.05, 0) is 61.4 Å². The van der Waals surface area contributed by atoms with E-state index in [-0.39, 0.29) is 11.8 Å². The van der Waals surface area contributed by atoms with Gasteiger partial charge in [-0.25, -0.2) is 4.98 Å². The van der Waals surface area contributed by atoms with Crippen molar-refractivity contribution < 1.29 is 19.1 Å². The highest BCUT2D eigenvalue weighted by Gasteiger charge is 2.34. The molecule has 2 aromatic carbocycles. The van der Waals surface area contributed by atoms with Gasteiger partial charge in [0.25, 0.3) is 11.8 Å². The summed E-state index contributed by atoms with van der Waals surface area (Å²) in [6.45, 7) is 4.16. The monoisotopic (exact) mass is 454 g/mol. The van der Waals surface area contributed by atoms with E-state index >= 15 is 0 Å². The standard InChI is InChI=1S/C26H22N4O4/c1-11-6-21(27)29-12(2)20(11)10-28-24(31)13-4-5-14-15(7-13)23-17-9-19-18(8-16(17)22(14)34-23)25(32)30(3)26(19)33/h4-9,25,32H,10H2,1-3H3,(H2,27,29)(H,28,31). The Balaban J connectivity index is 1.37. The quantitative estimate of drug-likeness (QED) is 0.357. The number of aliphatic hydroxyl groups excluding tert-OH is 1. The summed E-state index contributed by atoms with van der Waals surface area (Å²) in [7, 11) is 1.58. The molecule has 1 unspecified atom stereocenters. The van der Waals surface area contributed by atoms with Crippen molar-refractivity contribution in [3.05, 3.63) is 69.9 Å². The molecule has 0 saturated heterocycles. The van der Waals surface area contributed by atoms with Gasteiger partial charge in [0.1, 0.15) is 17.0 Å². The first-order valence-corrected chi connectivity index (χ1v) is 11.0. The molecule has 8 heteroatoms. The van der Waals surface area contributed by atoms with Crippen LogP contribution in [0.4, 0.5) is 5.82 Å². The van der Waals surface area contributed by atoms with Gasteiger partial charge in [-0.15, -0.1) is 0 Å². The van der Waals surface area contributed by atoms with Gasteiger partial charge in [-0.1, -0.05) is 0 Å². The number of hydrogen-bond donors (Lipinski definition) is 3. The van der Waals surface area contributed by atoms with Gasteiger partial charge in [0.05, 0.1) is 0 Å². The molecule has 2 bridgehead atoms. The van der Waals surface area contributed by atoms with Crippen molar-refractivity contribution in [1.29, 1.82) is 0 Å². The van der Waals surface area contributed by atoms with Gasteiger partial charge in [0.15, 0.2) is 6.23 Å². The lowest BCUT2D eigenvalue weighted by Gasteiger charge is -2.13. The molecule has 1 atom stereocenters. The lowest BCUT2D eigenvalue weighted by molar-refractivity contribution is 0.0302. The van der Waals surface area contributed by atoms with Crippen molar-refractivity contribution >= 4 is 50.3 Å². The molecule has 34 heavy (non-hydrogen) atoms. The van der Waals surface area contributed by atoms with E-state index in [2.05, 4.69) is 10.3 Å². The summed E-state index contributed by atoms with van der Waals surface area (Å²) in [6, 6.07) is 10.9. The number of nitrogens with zero attached hydrogens (tertiary/aromatic N) is 2. The van der Waals surface area contributed by atoms with E-state index in [4.69, 9.17) is 10.2 Å². The fraction of sp³-hybridized carbons (Fsp3) is 0.192. The van der Waals surface area contributed by atoms with Crippen molar-refractivity contribution in [3.63, 3.8) is 0 Å². The van der Waals surface area contributed by atoms with Gasteiger partial charge in [0.2, 0.25) is 0 Å². The third-order valence-corrected chi connectivity index (χ3v) is 6.85. The Kier molecular flexibility index (Phi) is 4.16. The highest BCUT2D eigenvalue weighted by Crippen LogP contribution is 2.44. The summed E-state index contributed by atoms with van der Waals surface area (Å²) >= 11 is 0. The number of anilines is 1. The minimum Gasteiger partial charge on any atom is -0.455 e. The van der Waals surface area contributed by atoms with Gasteiger partial charge >= 0.3 is 0 Å². The zero-order valence-electron chi connectivity index (χ0n) is 18.9. The van der Waals surface area contributed by atoms with Gasteiger partial charge in [0, 0.05) is 57.5 Å². The normalized spacial score (nSPS) is 15.7. The van der Waals surface area contributed by atoms with E-state index in [1.165, 1.54) is 4.90 Å². The lowest BCUT2D eigenvalue weighted by atomic mass is 9.97. The Morgan fingerprint density at radius 2 is 1.82 bits per heavy atom. The van der Waals surface area contributed by atoms with Crippen molar-refractivity contribution in [2.24, 2.45) is 0 Å². The molecule has 8 nitrogen and oxygen atoms in total. The van der Waals surface area contributed by atoms with Crippen LogP contribution in [0.1, 0.15) is 49.3 Å². The Morgan fingerprint density at radius 1 is 1.12 bits per heavy atom. The first kappa shape index (κ1) is 20.4. The molecule has 0 aliphatic carbocycles. The van der Waals surface area contributed by atoms with Crippen molar-refractivity contribution in [2.45, 2.75) is 26.6 Å². The topological polar surface area (TPSA) is 122 Å². The maximum absolute atomic E-state index is 12.9. The van der Waals surface area contributed by atoms with Crippen LogP contribution < -0.4 is 11.1 Å². The Hall–Kier alpha value is -4.17. The minimum absolute atomic E-state index is 0.207. The van der Waals surface area contributed by atoms with Crippen LogP contribution in [0.5, 0.6) is 0 Å². The predicted molar refractivity (Wildman–Crippen MR) is 129 cm³/mol. The highest BCUT2D eigenvalue weighted by atomic mass is 16.3. The zero-order chi connectivity index (χ0) is 23.9. The molecule has 6 rings (SSSR count). The number of rotatable bonds is 3. The van der Waals surface area contributed by atoms with E-state index in [9.17, 15) is 14.7 Å². The number of aryl methyl sites for hydroxylation is 2. The number of fused-ring (bicyclic) bond motifs is 9. The van der Waals surface area contributed by atoms with Crippen molar-refractivity contribution in [1.82, 2.24) is 15.2 Å². The number of aliphatic hydroxyl groups is 1. The number of nitrogens with one attached hydrogen (secondary N) is 1. The van der Waals surface area contributed by atoms with Crippen LogP contribution in [-0.4, -0.2) is 33.9 Å². The fourth-order valence-corrected chi connectivity index (χ4v) is 5.01. The highest BCUT2D eigenvalue weighted by molar-refractivity contribution is 6.27. The Morgan fingerprint density at radius 3 is 2.59 bits per heavy atom. The number of nitrogens with two attached hydrogens (primary N) is 1. The molecular formula is C26H22N4O4. The van der Waals surface area contributed by atoms with E-state index in [0.717, 1.165) is 38.4 Å². The van der Waals surface area contributed by atoms with Gasteiger partial charge in [-0.2, -0.15) is 0 Å². The molecular weight excluding hydrogens is 432 g/mol. The van der Waals surface area contributed by atoms with Crippen LogP contribution in [0.15, 0.2) is 40.8 Å². The molecule has 4 heterocycles. The molecule has 0 radical (unpaired) electrons. The second-order valence-corrected chi connectivity index (χ2v) is 8.91. The molecule has 0 fully saturated rings. The zero-order valence-corrected chi connectivity index (χ0v) is 18.9. The average molecular weight is 454 g/mol. The average Bonchev–Trinajstić information content (AvgIpc) is 3.43. The van der Waals surface area contributed by atoms with Crippen LogP contribution in [0.25, 0.3) is 32.7 Å². The summed E-state index contributed by atoms with van der Waals surface area (Å²) in [4.78, 5) is 31.0. The molecule has 1 aliphatic heterocycles. The maximum Gasteiger partial charge on any atom is 0.256 e. The van der Waals surface area contributed by atoms with Crippen molar-refractivity contribution in [3.8, 4) is 0 Å². The number of aromatic nitrogens is 1. The fourth-order valence-electron chi connectivity index (χ4n) is 5.01. The van der Waals surface area contributed by atoms with Gasteiger partial charge < -0.3 is 25.5 Å². The lowest BCUT2D eigenvalue weighted by Crippen LogP contribution is -2.24. The first-order chi connectivity index (χ1) is 16.2. The number of hydrogen-bond acceptors (Lipinski definition) is 6. The maximum atomic E-state index is 12.9. The van der Waals surface area contributed by atoms with E-state index in [1.54, 1.807) is 25.2 Å². The number of nitrogen functional groups attached to an aromatic ring is 1. The third kappa shape index (κ3) is 2.72. The summed E-state index contributed by atoms with van der Waals surface area (Å²) < 4.78 is 6.07. The van der Waals surface area contributed by atoms with Crippen molar-refractivity contribution in [2.75, 3.05) is 12.8 Å². The number of carbonyl (C=O) groups excluding carboxylic acids is 2. The molecule has 1 aliphatic rings. The molecule has 0 spiro atoms. The second-order valence-electron chi connectivity index (χ2n) is 8.91. The number of pyridine rings is 1. The van der Waals surface area contributed by atoms with Crippen LogP contribution in [0, 0.1) is 13.8 Å². The molecule has 4 N–H and O–H groups in total. The first-order valence-electron chi connectivity index (χ1n) is 11.0. The predicted octanol–water partition coefficient (Wildman–Crippen LogP) is 3.78. The Bertz CT molecular complexity index is 1650. The number of carbonyl (C=O) groups is 2. The number of furan rings is 2. The Labute approximate surface area is 194 Å². The summed E-state index contributed by atoms with van der Waals surface area (Å²) in [5.74, 6) is 0.0257. The molecule has 170 valence electrons. The molecule has 2 amide bonds. The molecule has 0 saturated carbocycles. The largest absolute Gasteiger partial charge is 0.455 e. The molecule has 5 aromatic rings. The van der Waals surface area contributed by atoms with Crippen LogP contribution in [0.3, 0.4) is 0 Å². The van der Waals surface area contributed by atoms with Crippen LogP contribution in [0.2, 0.25) is 0 Å². The van der Waals surface area contributed by atoms with Gasteiger partial charge in [-0.3, -0.25) is 9.59 Å². The third-order valence-electron chi connectivity index (χ3n) is 6.85.